The van der Waals surface area contributed by atoms with Gasteiger partial charge in [-0.2, -0.15) is 0 Å². The Kier molecular flexibility index (Phi) is 8.61. The van der Waals surface area contributed by atoms with Gasteiger partial charge < -0.3 is 10.6 Å². The lowest BCUT2D eigenvalue weighted by molar-refractivity contribution is 0.626. The third kappa shape index (κ3) is 6.99. The van der Waals surface area contributed by atoms with Crippen LogP contribution in [0.1, 0.15) is 16.7 Å². The average molecular weight is 427 g/mol. The van der Waals surface area contributed by atoms with Gasteiger partial charge in [-0.05, 0) is 36.6 Å². The van der Waals surface area contributed by atoms with E-state index in [0.717, 1.165) is 31.0 Å². The second-order valence-electron chi connectivity index (χ2n) is 5.22. The molecule has 0 aliphatic rings. The molecule has 0 radical (unpaired) electrons. The van der Waals surface area contributed by atoms with Crippen molar-refractivity contribution >= 4 is 29.9 Å². The fraction of sp³-hybridized carbons (Fsp3) is 0.278. The van der Waals surface area contributed by atoms with Crippen molar-refractivity contribution in [3.05, 3.63) is 71.0 Å². The van der Waals surface area contributed by atoms with Crippen molar-refractivity contribution in [3.8, 4) is 0 Å². The van der Waals surface area contributed by atoms with E-state index in [9.17, 15) is 4.39 Å². The van der Waals surface area contributed by atoms with Crippen LogP contribution >= 0.6 is 24.0 Å². The van der Waals surface area contributed by atoms with Crippen LogP contribution in [0.2, 0.25) is 0 Å². The van der Waals surface area contributed by atoms with Crippen molar-refractivity contribution in [2.45, 2.75) is 19.9 Å². The summed E-state index contributed by atoms with van der Waals surface area (Å²) in [5.41, 5.74) is 3.57. The smallest absolute Gasteiger partial charge is 0.191 e. The lowest BCUT2D eigenvalue weighted by Gasteiger charge is -2.12. The maximum absolute atomic E-state index is 12.8. The van der Waals surface area contributed by atoms with Gasteiger partial charge in [0.05, 0.1) is 0 Å². The third-order valence-corrected chi connectivity index (χ3v) is 3.39. The maximum atomic E-state index is 12.8. The Bertz CT molecular complexity index is 626. The van der Waals surface area contributed by atoms with E-state index < -0.39 is 0 Å². The molecule has 0 spiro atoms. The Morgan fingerprint density at radius 3 is 2.43 bits per heavy atom. The highest BCUT2D eigenvalue weighted by molar-refractivity contribution is 14.0. The van der Waals surface area contributed by atoms with Gasteiger partial charge in [0.25, 0.3) is 0 Å². The fourth-order valence-corrected chi connectivity index (χ4v) is 2.20. The average Bonchev–Trinajstić information content (AvgIpc) is 2.52. The van der Waals surface area contributed by atoms with Crippen molar-refractivity contribution in [1.29, 1.82) is 0 Å². The van der Waals surface area contributed by atoms with Gasteiger partial charge in [0.1, 0.15) is 5.82 Å². The predicted octanol–water partition coefficient (Wildman–Crippen LogP) is 3.66. The number of halogens is 2. The summed E-state index contributed by atoms with van der Waals surface area (Å²) in [7, 11) is 1.75. The van der Waals surface area contributed by atoms with Crippen molar-refractivity contribution < 1.29 is 4.39 Å². The van der Waals surface area contributed by atoms with Crippen molar-refractivity contribution in [2.75, 3.05) is 13.6 Å². The molecule has 2 rings (SSSR count). The summed E-state index contributed by atoms with van der Waals surface area (Å²) in [6.45, 7) is 3.57. The first kappa shape index (κ1) is 19.4. The largest absolute Gasteiger partial charge is 0.356 e. The molecular formula is C18H23FIN3. The molecule has 0 heterocycles. The summed E-state index contributed by atoms with van der Waals surface area (Å²) in [5.74, 6) is 0.566. The Hall–Kier alpha value is -1.63. The SMILES string of the molecule is CN=C(NCCc1ccc(F)cc1)NCc1cccc(C)c1.I. The minimum Gasteiger partial charge on any atom is -0.356 e. The zero-order chi connectivity index (χ0) is 15.8. The minimum atomic E-state index is -0.202. The van der Waals surface area contributed by atoms with E-state index in [1.54, 1.807) is 19.2 Å². The van der Waals surface area contributed by atoms with Gasteiger partial charge in [-0.15, -0.1) is 24.0 Å². The van der Waals surface area contributed by atoms with Gasteiger partial charge in [0.15, 0.2) is 5.96 Å². The quantitative estimate of drug-likeness (QED) is 0.434. The highest BCUT2D eigenvalue weighted by Gasteiger charge is 1.99. The van der Waals surface area contributed by atoms with Crippen molar-refractivity contribution in [2.24, 2.45) is 4.99 Å². The summed E-state index contributed by atoms with van der Waals surface area (Å²) in [5, 5.41) is 6.55. The first-order valence-corrected chi connectivity index (χ1v) is 7.42. The van der Waals surface area contributed by atoms with Crippen LogP contribution in [-0.4, -0.2) is 19.6 Å². The van der Waals surface area contributed by atoms with Gasteiger partial charge in [0.2, 0.25) is 0 Å². The van der Waals surface area contributed by atoms with E-state index in [1.807, 2.05) is 0 Å². The minimum absolute atomic E-state index is 0. The van der Waals surface area contributed by atoms with Crippen LogP contribution in [-0.2, 0) is 13.0 Å². The molecule has 3 nitrogen and oxygen atoms in total. The van der Waals surface area contributed by atoms with Crippen LogP contribution < -0.4 is 10.6 Å². The molecule has 2 aromatic rings. The van der Waals surface area contributed by atoms with Crippen molar-refractivity contribution in [3.63, 3.8) is 0 Å². The van der Waals surface area contributed by atoms with Crippen LogP contribution in [0.25, 0.3) is 0 Å². The van der Waals surface area contributed by atoms with Gasteiger partial charge in [-0.1, -0.05) is 42.0 Å². The van der Waals surface area contributed by atoms with E-state index in [2.05, 4.69) is 46.8 Å². The number of guanidine groups is 1. The number of nitrogens with one attached hydrogen (secondary N) is 2. The van der Waals surface area contributed by atoms with Gasteiger partial charge in [-0.3, -0.25) is 4.99 Å². The lowest BCUT2D eigenvalue weighted by atomic mass is 10.1. The van der Waals surface area contributed by atoms with Crippen LogP contribution in [0.5, 0.6) is 0 Å². The van der Waals surface area contributed by atoms with E-state index in [-0.39, 0.29) is 29.8 Å². The summed E-state index contributed by atoms with van der Waals surface area (Å²) in [4.78, 5) is 4.21. The highest BCUT2D eigenvalue weighted by atomic mass is 127. The fourth-order valence-electron chi connectivity index (χ4n) is 2.20. The lowest BCUT2D eigenvalue weighted by Crippen LogP contribution is -2.37. The topological polar surface area (TPSA) is 36.4 Å². The summed E-state index contributed by atoms with van der Waals surface area (Å²) in [6, 6.07) is 15.0. The second-order valence-corrected chi connectivity index (χ2v) is 5.22. The number of aliphatic imine (C=N–C) groups is 1. The van der Waals surface area contributed by atoms with Crippen molar-refractivity contribution in [1.82, 2.24) is 10.6 Å². The molecule has 0 aliphatic carbocycles. The molecule has 0 saturated carbocycles. The molecule has 0 amide bonds. The zero-order valence-electron chi connectivity index (χ0n) is 13.5. The van der Waals surface area contributed by atoms with Crippen LogP contribution in [0.15, 0.2) is 53.5 Å². The predicted molar refractivity (Wildman–Crippen MR) is 105 cm³/mol. The van der Waals surface area contributed by atoms with Crippen LogP contribution in [0.4, 0.5) is 4.39 Å². The molecule has 5 heteroatoms. The van der Waals surface area contributed by atoms with E-state index >= 15 is 0 Å². The number of hydrogen-bond acceptors (Lipinski definition) is 1. The van der Waals surface area contributed by atoms with Gasteiger partial charge >= 0.3 is 0 Å². The summed E-state index contributed by atoms with van der Waals surface area (Å²) >= 11 is 0. The van der Waals surface area contributed by atoms with Crippen LogP contribution in [0.3, 0.4) is 0 Å². The van der Waals surface area contributed by atoms with Gasteiger partial charge in [0, 0.05) is 20.1 Å². The molecule has 2 aromatic carbocycles. The third-order valence-electron chi connectivity index (χ3n) is 3.39. The molecule has 0 fully saturated rings. The van der Waals surface area contributed by atoms with Gasteiger partial charge in [-0.25, -0.2) is 4.39 Å². The molecule has 0 atom stereocenters. The summed E-state index contributed by atoms with van der Waals surface area (Å²) < 4.78 is 12.8. The standard InChI is InChI=1S/C18H22FN3.HI/c1-14-4-3-5-16(12-14)13-22-18(20-2)21-11-10-15-6-8-17(19)9-7-15;/h3-9,12H,10-11,13H2,1-2H3,(H2,20,21,22);1H. The van der Waals surface area contributed by atoms with E-state index in [0.29, 0.717) is 0 Å². The Balaban J connectivity index is 0.00000264. The highest BCUT2D eigenvalue weighted by Crippen LogP contribution is 2.04. The maximum Gasteiger partial charge on any atom is 0.191 e. The molecule has 124 valence electrons. The Morgan fingerprint density at radius 1 is 1.04 bits per heavy atom. The second kappa shape index (κ2) is 10.2. The molecule has 23 heavy (non-hydrogen) atoms. The molecular weight excluding hydrogens is 404 g/mol. The molecule has 0 aliphatic heterocycles. The molecule has 2 N–H and O–H groups in total. The monoisotopic (exact) mass is 427 g/mol. The molecule has 0 unspecified atom stereocenters. The first-order valence-electron chi connectivity index (χ1n) is 7.42. The number of benzene rings is 2. The molecule has 0 aromatic heterocycles. The van der Waals surface area contributed by atoms with Crippen LogP contribution in [0, 0.1) is 12.7 Å². The normalized spacial score (nSPS) is 10.8. The molecule has 0 saturated heterocycles. The van der Waals surface area contributed by atoms with E-state index in [4.69, 9.17) is 0 Å². The number of aryl methyl sites for hydroxylation is 1. The Morgan fingerprint density at radius 2 is 1.78 bits per heavy atom. The molecule has 0 bridgehead atoms. The van der Waals surface area contributed by atoms with E-state index in [1.165, 1.54) is 23.3 Å². The Labute approximate surface area is 154 Å². The number of rotatable bonds is 5. The summed E-state index contributed by atoms with van der Waals surface area (Å²) in [6.07, 6.45) is 0.825. The first-order chi connectivity index (χ1) is 10.7. The number of nitrogens with zero attached hydrogens (tertiary/aromatic N) is 1. The zero-order valence-corrected chi connectivity index (χ0v) is 15.8. The number of hydrogen-bond donors (Lipinski definition) is 2.